The summed E-state index contributed by atoms with van der Waals surface area (Å²) < 4.78 is 27.0. The van der Waals surface area contributed by atoms with Crippen LogP contribution in [-0.4, -0.2) is 37.8 Å². The van der Waals surface area contributed by atoms with Crippen molar-refractivity contribution in [1.82, 2.24) is 4.31 Å². The molecule has 1 aliphatic heterocycles. The van der Waals surface area contributed by atoms with Gasteiger partial charge in [-0.3, -0.25) is 4.79 Å². The molecule has 1 saturated heterocycles. The Morgan fingerprint density at radius 2 is 1.68 bits per heavy atom. The smallest absolute Gasteiger partial charge is 0.245 e. The summed E-state index contributed by atoms with van der Waals surface area (Å²) >= 11 is 6.18. The van der Waals surface area contributed by atoms with Crippen LogP contribution in [0.4, 0.5) is 5.69 Å². The van der Waals surface area contributed by atoms with E-state index < -0.39 is 16.1 Å². The van der Waals surface area contributed by atoms with E-state index in [1.54, 1.807) is 60.4 Å². The molecular formula is C18H19ClN2O3S. The first-order chi connectivity index (χ1) is 11.8. The predicted molar refractivity (Wildman–Crippen MR) is 98.3 cm³/mol. The molecule has 1 heterocycles. The summed E-state index contributed by atoms with van der Waals surface area (Å²) in [5.74, 6) is -0.282. The number of rotatable bonds is 3. The molecule has 5 nitrogen and oxygen atoms in total. The number of hydrogen-bond donors (Lipinski definition) is 0. The van der Waals surface area contributed by atoms with Gasteiger partial charge in [-0.05, 0) is 38.1 Å². The van der Waals surface area contributed by atoms with Crippen molar-refractivity contribution in [2.24, 2.45) is 0 Å². The number of aryl methyl sites for hydroxylation is 1. The Kier molecular flexibility index (Phi) is 4.86. The Bertz CT molecular complexity index is 897. The highest BCUT2D eigenvalue weighted by molar-refractivity contribution is 7.89. The van der Waals surface area contributed by atoms with Crippen LogP contribution in [0.2, 0.25) is 5.02 Å². The SMILES string of the molecule is Cc1ccc(S(=O)(=O)N2CCN(c3ccccc3Cl)C(=O)[C@@H]2C)cc1. The van der Waals surface area contributed by atoms with Crippen molar-refractivity contribution >= 4 is 33.2 Å². The van der Waals surface area contributed by atoms with Gasteiger partial charge in [0.2, 0.25) is 15.9 Å². The molecule has 0 bridgehead atoms. The normalized spacial score (nSPS) is 19.2. The number of halogens is 1. The maximum absolute atomic E-state index is 12.9. The van der Waals surface area contributed by atoms with Crippen LogP contribution < -0.4 is 4.90 Å². The molecule has 25 heavy (non-hydrogen) atoms. The molecule has 0 unspecified atom stereocenters. The first-order valence-electron chi connectivity index (χ1n) is 7.97. The quantitative estimate of drug-likeness (QED) is 0.824. The summed E-state index contributed by atoms with van der Waals surface area (Å²) in [6.45, 7) is 3.98. The van der Waals surface area contributed by atoms with Gasteiger partial charge in [-0.2, -0.15) is 4.31 Å². The van der Waals surface area contributed by atoms with Crippen molar-refractivity contribution in [3.05, 3.63) is 59.1 Å². The lowest BCUT2D eigenvalue weighted by Gasteiger charge is -2.38. The Hall–Kier alpha value is -1.89. The van der Waals surface area contributed by atoms with Crippen LogP contribution in [0.3, 0.4) is 0 Å². The lowest BCUT2D eigenvalue weighted by Crippen LogP contribution is -2.57. The Morgan fingerprint density at radius 3 is 2.32 bits per heavy atom. The van der Waals surface area contributed by atoms with Crippen LogP contribution in [0.25, 0.3) is 0 Å². The van der Waals surface area contributed by atoms with E-state index in [2.05, 4.69) is 0 Å². The zero-order valence-corrected chi connectivity index (χ0v) is 15.6. The third-order valence-electron chi connectivity index (χ3n) is 4.37. The fourth-order valence-electron chi connectivity index (χ4n) is 2.93. The van der Waals surface area contributed by atoms with Crippen LogP contribution in [0, 0.1) is 6.92 Å². The molecule has 3 rings (SSSR count). The van der Waals surface area contributed by atoms with E-state index in [0.717, 1.165) is 5.56 Å². The van der Waals surface area contributed by atoms with E-state index in [4.69, 9.17) is 11.6 Å². The molecule has 2 aromatic carbocycles. The topological polar surface area (TPSA) is 57.7 Å². The number of nitrogens with zero attached hydrogens (tertiary/aromatic N) is 2. The first-order valence-corrected chi connectivity index (χ1v) is 9.78. The fourth-order valence-corrected chi connectivity index (χ4v) is 4.75. The molecule has 0 aliphatic carbocycles. The Morgan fingerprint density at radius 1 is 1.04 bits per heavy atom. The van der Waals surface area contributed by atoms with Crippen molar-refractivity contribution in [2.75, 3.05) is 18.0 Å². The standard InChI is InChI=1S/C18H19ClN2O3S/c1-13-7-9-15(10-8-13)25(23,24)21-12-11-20(18(22)14(21)2)17-6-4-3-5-16(17)19/h3-10,14H,11-12H2,1-2H3/t14-/m0/s1. The summed E-state index contributed by atoms with van der Waals surface area (Å²) in [5, 5.41) is 0.470. The van der Waals surface area contributed by atoms with Gasteiger partial charge in [0, 0.05) is 13.1 Å². The van der Waals surface area contributed by atoms with Gasteiger partial charge in [0.25, 0.3) is 0 Å². The first kappa shape index (κ1) is 17.9. The van der Waals surface area contributed by atoms with Gasteiger partial charge >= 0.3 is 0 Å². The number of benzene rings is 2. The Labute approximate surface area is 152 Å². The highest BCUT2D eigenvalue weighted by Crippen LogP contribution is 2.30. The largest absolute Gasteiger partial charge is 0.308 e. The number of hydrogen-bond acceptors (Lipinski definition) is 3. The van der Waals surface area contributed by atoms with E-state index >= 15 is 0 Å². The van der Waals surface area contributed by atoms with Crippen molar-refractivity contribution in [1.29, 1.82) is 0 Å². The van der Waals surface area contributed by atoms with E-state index in [9.17, 15) is 13.2 Å². The van der Waals surface area contributed by atoms with Crippen LogP contribution in [0.15, 0.2) is 53.4 Å². The number of para-hydroxylation sites is 1. The number of carbonyl (C=O) groups is 1. The Balaban J connectivity index is 1.89. The molecule has 0 aromatic heterocycles. The van der Waals surface area contributed by atoms with Gasteiger partial charge in [0.05, 0.1) is 15.6 Å². The van der Waals surface area contributed by atoms with Crippen LogP contribution in [0.1, 0.15) is 12.5 Å². The van der Waals surface area contributed by atoms with Crippen molar-refractivity contribution < 1.29 is 13.2 Å². The van der Waals surface area contributed by atoms with E-state index in [-0.39, 0.29) is 23.9 Å². The molecule has 2 aromatic rings. The number of carbonyl (C=O) groups excluding carboxylic acids is 1. The highest BCUT2D eigenvalue weighted by Gasteiger charge is 2.39. The minimum atomic E-state index is -3.72. The van der Waals surface area contributed by atoms with Crippen LogP contribution in [0.5, 0.6) is 0 Å². The molecule has 7 heteroatoms. The average molecular weight is 379 g/mol. The van der Waals surface area contributed by atoms with Gasteiger partial charge in [-0.25, -0.2) is 8.42 Å². The average Bonchev–Trinajstić information content (AvgIpc) is 2.58. The molecule has 1 atom stereocenters. The number of piperazine rings is 1. The number of anilines is 1. The number of sulfonamides is 1. The molecular weight excluding hydrogens is 360 g/mol. The molecule has 0 saturated carbocycles. The minimum Gasteiger partial charge on any atom is -0.308 e. The summed E-state index contributed by atoms with van der Waals surface area (Å²) in [5.41, 5.74) is 1.58. The van der Waals surface area contributed by atoms with Gasteiger partial charge in [0.15, 0.2) is 0 Å². The van der Waals surface area contributed by atoms with Gasteiger partial charge < -0.3 is 4.90 Å². The monoisotopic (exact) mass is 378 g/mol. The molecule has 1 aliphatic rings. The van der Waals surface area contributed by atoms with Crippen LogP contribution in [-0.2, 0) is 14.8 Å². The third kappa shape index (κ3) is 3.29. The zero-order chi connectivity index (χ0) is 18.2. The summed E-state index contributed by atoms with van der Waals surface area (Å²) in [6.07, 6.45) is 0. The molecule has 0 radical (unpaired) electrons. The maximum atomic E-state index is 12.9. The lowest BCUT2D eigenvalue weighted by molar-refractivity contribution is -0.123. The maximum Gasteiger partial charge on any atom is 0.245 e. The summed E-state index contributed by atoms with van der Waals surface area (Å²) in [4.78, 5) is 14.5. The second-order valence-corrected chi connectivity index (χ2v) is 8.34. The van der Waals surface area contributed by atoms with Gasteiger partial charge in [-0.1, -0.05) is 41.4 Å². The summed E-state index contributed by atoms with van der Waals surface area (Å²) in [6, 6.07) is 12.9. The molecule has 1 amide bonds. The van der Waals surface area contributed by atoms with E-state index in [0.29, 0.717) is 10.7 Å². The fraction of sp³-hybridized carbons (Fsp3) is 0.278. The number of amides is 1. The zero-order valence-electron chi connectivity index (χ0n) is 14.0. The van der Waals surface area contributed by atoms with Crippen molar-refractivity contribution in [2.45, 2.75) is 24.8 Å². The predicted octanol–water partition coefficient (Wildman–Crippen LogP) is 3.07. The summed E-state index contributed by atoms with van der Waals surface area (Å²) in [7, 11) is -3.72. The van der Waals surface area contributed by atoms with Crippen molar-refractivity contribution in [3.8, 4) is 0 Å². The van der Waals surface area contributed by atoms with Gasteiger partial charge in [-0.15, -0.1) is 0 Å². The highest BCUT2D eigenvalue weighted by atomic mass is 35.5. The van der Waals surface area contributed by atoms with Crippen LogP contribution >= 0.6 is 11.6 Å². The second-order valence-electron chi connectivity index (χ2n) is 6.05. The minimum absolute atomic E-state index is 0.198. The molecule has 132 valence electrons. The van der Waals surface area contributed by atoms with E-state index in [1.165, 1.54) is 4.31 Å². The van der Waals surface area contributed by atoms with Crippen molar-refractivity contribution in [3.63, 3.8) is 0 Å². The molecule has 1 fully saturated rings. The van der Waals surface area contributed by atoms with E-state index in [1.807, 2.05) is 6.92 Å². The second kappa shape index (κ2) is 6.78. The third-order valence-corrected chi connectivity index (χ3v) is 6.67. The van der Waals surface area contributed by atoms with Gasteiger partial charge in [0.1, 0.15) is 6.04 Å². The molecule has 0 spiro atoms. The lowest BCUT2D eigenvalue weighted by atomic mass is 10.2. The molecule has 0 N–H and O–H groups in total.